The van der Waals surface area contributed by atoms with Gasteiger partial charge in [0.05, 0.1) is 11.9 Å². The monoisotopic (exact) mass is 336 g/mol. The van der Waals surface area contributed by atoms with Crippen LogP contribution >= 0.6 is 10.0 Å². The summed E-state index contributed by atoms with van der Waals surface area (Å²) in [6.07, 6.45) is 7.25. The number of carbonyl (C=O) groups is 2. The van der Waals surface area contributed by atoms with Gasteiger partial charge in [0.15, 0.2) is 0 Å². The largest absolute Gasteiger partial charge is 0.480 e. The van der Waals surface area contributed by atoms with Gasteiger partial charge in [-0.25, -0.2) is 0 Å². The maximum Gasteiger partial charge on any atom is 0.305 e. The normalized spacial score (nSPS) is 30.7. The molecule has 0 N–H and O–H groups in total. The number of aryl methyl sites for hydroxylation is 1. The molecule has 126 valence electrons. The van der Waals surface area contributed by atoms with Crippen molar-refractivity contribution in [3.05, 3.63) is 23.8 Å². The Kier molecular flexibility index (Phi) is 4.67. The molecule has 1 aromatic rings. The molecule has 0 aromatic heterocycles. The maximum atomic E-state index is 11.5. The highest BCUT2D eigenvalue weighted by atomic mass is 32.3. The summed E-state index contributed by atoms with van der Waals surface area (Å²) >= 11 is 0. The Morgan fingerprint density at radius 2 is 2.26 bits per heavy atom. The zero-order valence-corrected chi connectivity index (χ0v) is 14.6. The standard InChI is InChI=1S/C18H24O4S/c1-3-21-16(20)9-5-7-13-6-4-8-15-18(13)22-17-11-10-14(12-19)23(15,17)2/h4,6,8,12,14,17H,3,5,7,9-11H2,1-2H3. The molecular weight excluding hydrogens is 312 g/mol. The van der Waals surface area contributed by atoms with Crippen LogP contribution in [0.5, 0.6) is 5.75 Å². The maximum absolute atomic E-state index is 11.5. The lowest BCUT2D eigenvalue weighted by Gasteiger charge is -2.33. The lowest BCUT2D eigenvalue weighted by atomic mass is 10.1. The number of rotatable bonds is 6. The van der Waals surface area contributed by atoms with Gasteiger partial charge in [-0.3, -0.25) is 4.79 Å². The summed E-state index contributed by atoms with van der Waals surface area (Å²) in [5.74, 6) is 0.835. The summed E-state index contributed by atoms with van der Waals surface area (Å²) in [6, 6.07) is 6.26. The summed E-state index contributed by atoms with van der Waals surface area (Å²) in [6.45, 7) is 2.25. The van der Waals surface area contributed by atoms with Gasteiger partial charge in [0.25, 0.3) is 0 Å². The van der Waals surface area contributed by atoms with Crippen LogP contribution in [0.15, 0.2) is 23.1 Å². The van der Waals surface area contributed by atoms with E-state index in [1.807, 2.05) is 6.92 Å². The van der Waals surface area contributed by atoms with E-state index in [0.29, 0.717) is 13.0 Å². The third kappa shape index (κ3) is 2.75. The van der Waals surface area contributed by atoms with Crippen molar-refractivity contribution >= 4 is 22.3 Å². The number of aldehydes is 1. The molecule has 3 unspecified atom stereocenters. The van der Waals surface area contributed by atoms with E-state index in [0.717, 1.165) is 43.3 Å². The van der Waals surface area contributed by atoms with Crippen LogP contribution in [0, 0.1) is 0 Å². The lowest BCUT2D eigenvalue weighted by molar-refractivity contribution is -0.143. The van der Waals surface area contributed by atoms with Crippen molar-refractivity contribution in [2.24, 2.45) is 0 Å². The van der Waals surface area contributed by atoms with Gasteiger partial charge in [-0.2, -0.15) is 10.0 Å². The number of hydrogen-bond donors (Lipinski definition) is 0. The summed E-state index contributed by atoms with van der Waals surface area (Å²) in [5.41, 5.74) is 1.33. The zero-order chi connectivity index (χ0) is 16.4. The molecule has 3 rings (SSSR count). The Morgan fingerprint density at radius 1 is 1.43 bits per heavy atom. The van der Waals surface area contributed by atoms with Gasteiger partial charge >= 0.3 is 5.97 Å². The number of ether oxygens (including phenoxy) is 2. The lowest BCUT2D eigenvalue weighted by Crippen LogP contribution is -2.18. The van der Waals surface area contributed by atoms with Gasteiger partial charge in [-0.05, 0) is 50.5 Å². The molecular formula is C18H24O4S. The molecule has 1 fully saturated rings. The second-order valence-corrected chi connectivity index (χ2v) is 9.92. The Labute approximate surface area is 138 Å². The Morgan fingerprint density at radius 3 is 3.00 bits per heavy atom. The quantitative estimate of drug-likeness (QED) is 0.590. The van der Waals surface area contributed by atoms with Crippen molar-refractivity contribution in [3.63, 3.8) is 0 Å². The van der Waals surface area contributed by atoms with E-state index in [1.54, 1.807) is 0 Å². The topological polar surface area (TPSA) is 52.6 Å². The number of hydrogen-bond acceptors (Lipinski definition) is 4. The fourth-order valence-electron chi connectivity index (χ4n) is 3.66. The molecule has 0 amide bonds. The van der Waals surface area contributed by atoms with E-state index in [-0.39, 0.29) is 16.7 Å². The average Bonchev–Trinajstić information content (AvgIpc) is 3.00. The first-order valence-electron chi connectivity index (χ1n) is 8.26. The van der Waals surface area contributed by atoms with Crippen molar-refractivity contribution in [2.75, 3.05) is 12.9 Å². The smallest absolute Gasteiger partial charge is 0.305 e. The Bertz CT molecular complexity index is 615. The van der Waals surface area contributed by atoms with Gasteiger partial charge in [0.1, 0.15) is 17.5 Å². The molecule has 1 saturated heterocycles. The number of para-hydroxylation sites is 1. The second kappa shape index (κ2) is 6.56. The second-order valence-electron chi connectivity index (χ2n) is 6.25. The molecule has 0 bridgehead atoms. The van der Waals surface area contributed by atoms with Crippen molar-refractivity contribution in [2.45, 2.75) is 54.6 Å². The number of benzene rings is 1. The van der Waals surface area contributed by atoms with Crippen molar-refractivity contribution < 1.29 is 19.1 Å². The highest BCUT2D eigenvalue weighted by Gasteiger charge is 2.51. The molecule has 23 heavy (non-hydrogen) atoms. The minimum absolute atomic E-state index is 0.114. The Balaban J connectivity index is 1.77. The van der Waals surface area contributed by atoms with E-state index in [1.165, 1.54) is 4.90 Å². The first-order chi connectivity index (χ1) is 11.1. The van der Waals surface area contributed by atoms with Crippen LogP contribution in [0.1, 0.15) is 38.2 Å². The molecule has 1 aromatic carbocycles. The minimum Gasteiger partial charge on any atom is -0.480 e. The summed E-state index contributed by atoms with van der Waals surface area (Å²) < 4.78 is 11.2. The third-order valence-electron chi connectivity index (χ3n) is 4.93. The van der Waals surface area contributed by atoms with Gasteiger partial charge in [-0.1, -0.05) is 12.1 Å². The summed E-state index contributed by atoms with van der Waals surface area (Å²) in [5, 5.41) is 0.114. The van der Waals surface area contributed by atoms with Gasteiger partial charge in [0, 0.05) is 11.3 Å². The van der Waals surface area contributed by atoms with Crippen LogP contribution in [-0.4, -0.2) is 35.8 Å². The van der Waals surface area contributed by atoms with Crippen molar-refractivity contribution in [1.82, 2.24) is 0 Å². The highest BCUT2D eigenvalue weighted by Crippen LogP contribution is 2.72. The predicted octanol–water partition coefficient (Wildman–Crippen LogP) is 3.45. The molecule has 5 heteroatoms. The van der Waals surface area contributed by atoms with Crippen LogP contribution in [-0.2, 0) is 20.7 Å². The van der Waals surface area contributed by atoms with Gasteiger partial charge in [0.2, 0.25) is 0 Å². The van der Waals surface area contributed by atoms with E-state index in [2.05, 4.69) is 24.5 Å². The van der Waals surface area contributed by atoms with Crippen LogP contribution < -0.4 is 4.74 Å². The minimum atomic E-state index is -1.21. The average molecular weight is 336 g/mol. The van der Waals surface area contributed by atoms with Gasteiger partial charge in [-0.15, -0.1) is 0 Å². The highest BCUT2D eigenvalue weighted by molar-refractivity contribution is 8.35. The molecule has 0 radical (unpaired) electrons. The Hall–Kier alpha value is -1.49. The molecule has 2 aliphatic heterocycles. The number of fused-ring (bicyclic) bond motifs is 3. The molecule has 2 aliphatic rings. The summed E-state index contributed by atoms with van der Waals surface area (Å²) in [4.78, 5) is 24.2. The number of esters is 1. The fraction of sp³-hybridized carbons (Fsp3) is 0.556. The van der Waals surface area contributed by atoms with E-state index < -0.39 is 10.0 Å². The third-order valence-corrected chi connectivity index (χ3v) is 9.23. The first kappa shape index (κ1) is 16.4. The number of carbonyl (C=O) groups excluding carboxylic acids is 2. The van der Waals surface area contributed by atoms with Crippen LogP contribution in [0.25, 0.3) is 0 Å². The van der Waals surface area contributed by atoms with Gasteiger partial charge < -0.3 is 14.3 Å². The molecule has 0 saturated carbocycles. The zero-order valence-electron chi connectivity index (χ0n) is 13.7. The summed E-state index contributed by atoms with van der Waals surface area (Å²) in [7, 11) is -1.21. The van der Waals surface area contributed by atoms with E-state index in [4.69, 9.17) is 9.47 Å². The predicted molar refractivity (Wildman–Crippen MR) is 91.3 cm³/mol. The molecule has 0 spiro atoms. The van der Waals surface area contributed by atoms with E-state index in [9.17, 15) is 9.59 Å². The van der Waals surface area contributed by atoms with Crippen molar-refractivity contribution in [1.29, 1.82) is 0 Å². The van der Waals surface area contributed by atoms with Crippen LogP contribution in [0.4, 0.5) is 0 Å². The molecule has 2 heterocycles. The van der Waals surface area contributed by atoms with Crippen LogP contribution in [0.3, 0.4) is 0 Å². The first-order valence-corrected chi connectivity index (χ1v) is 10.4. The van der Waals surface area contributed by atoms with Crippen LogP contribution in [0.2, 0.25) is 0 Å². The SMILES string of the molecule is CCOC(=O)CCCc1cccc2c1OC1CCC(C=O)S21C. The van der Waals surface area contributed by atoms with Crippen molar-refractivity contribution in [3.8, 4) is 5.75 Å². The fourth-order valence-corrected chi connectivity index (χ4v) is 7.39. The molecule has 3 atom stereocenters. The molecule has 0 aliphatic carbocycles. The molecule has 4 nitrogen and oxygen atoms in total. The van der Waals surface area contributed by atoms with E-state index >= 15 is 0 Å².